The van der Waals surface area contributed by atoms with Crippen molar-refractivity contribution in [1.29, 1.82) is 0 Å². The fraction of sp³-hybridized carbons (Fsp3) is 0.931. The summed E-state index contributed by atoms with van der Waals surface area (Å²) in [4.78, 5) is 26.3. The van der Waals surface area contributed by atoms with Gasteiger partial charge >= 0.3 is 5.97 Å². The van der Waals surface area contributed by atoms with E-state index in [4.69, 9.17) is 13.6 Å². The van der Waals surface area contributed by atoms with Gasteiger partial charge < -0.3 is 13.6 Å². The van der Waals surface area contributed by atoms with E-state index in [1.165, 1.54) is 0 Å². The smallest absolute Gasteiger partial charge is 0.311 e. The average molecular weight is 543 g/mol. The van der Waals surface area contributed by atoms with Gasteiger partial charge in [0.25, 0.3) is 0 Å². The molecule has 1 saturated carbocycles. The standard InChI is InChI=1S/C29H58O5Si2/c1-18(2)35(19(3)4,20(5)6)33-26-24(17-32-28(31)29(13,14)15)16-25(30)27(26)34-36(21(7)8,22(9)10)23(11)12/h18-24,26-27H,16-17H2,1-15H3/t24-,26-,27+/m1/s1. The van der Waals surface area contributed by atoms with Gasteiger partial charge in [-0.2, -0.15) is 0 Å². The molecule has 0 aliphatic heterocycles. The predicted molar refractivity (Wildman–Crippen MR) is 155 cm³/mol. The van der Waals surface area contributed by atoms with Gasteiger partial charge in [-0.25, -0.2) is 0 Å². The van der Waals surface area contributed by atoms with Crippen molar-refractivity contribution in [2.75, 3.05) is 6.61 Å². The van der Waals surface area contributed by atoms with Crippen molar-refractivity contribution in [3.63, 3.8) is 0 Å². The van der Waals surface area contributed by atoms with Gasteiger partial charge in [-0.15, -0.1) is 0 Å². The highest BCUT2D eigenvalue weighted by Gasteiger charge is 2.56. The van der Waals surface area contributed by atoms with Crippen LogP contribution in [0.4, 0.5) is 0 Å². The molecule has 0 unspecified atom stereocenters. The zero-order chi connectivity index (χ0) is 28.4. The second kappa shape index (κ2) is 12.6. The molecule has 1 fully saturated rings. The van der Waals surface area contributed by atoms with Crippen molar-refractivity contribution in [3.05, 3.63) is 0 Å². The number of carbonyl (C=O) groups excluding carboxylic acids is 2. The largest absolute Gasteiger partial charge is 0.465 e. The molecule has 0 N–H and O–H groups in total. The fourth-order valence-electron chi connectivity index (χ4n) is 7.04. The molecule has 1 rings (SSSR count). The molecule has 0 aromatic rings. The lowest BCUT2D eigenvalue weighted by atomic mass is 9.97. The Hall–Kier alpha value is -0.506. The van der Waals surface area contributed by atoms with Gasteiger partial charge in [-0.05, 0) is 54.0 Å². The summed E-state index contributed by atoms with van der Waals surface area (Å²) in [7, 11) is -4.64. The Morgan fingerprint density at radius 1 is 0.750 bits per heavy atom. The van der Waals surface area contributed by atoms with Crippen LogP contribution in [-0.4, -0.2) is 47.2 Å². The molecule has 0 spiro atoms. The molecule has 0 heterocycles. The molecular weight excluding hydrogens is 484 g/mol. The number of hydrogen-bond donors (Lipinski definition) is 0. The predicted octanol–water partition coefficient (Wildman–Crippen LogP) is 8.29. The number of carbonyl (C=O) groups is 2. The topological polar surface area (TPSA) is 61.8 Å². The Bertz CT molecular complexity index is 693. The first-order valence-electron chi connectivity index (χ1n) is 14.3. The minimum absolute atomic E-state index is 0.106. The van der Waals surface area contributed by atoms with E-state index in [9.17, 15) is 9.59 Å². The Balaban J connectivity index is 3.58. The van der Waals surface area contributed by atoms with E-state index < -0.39 is 28.2 Å². The Morgan fingerprint density at radius 3 is 1.44 bits per heavy atom. The molecule has 212 valence electrons. The van der Waals surface area contributed by atoms with Crippen LogP contribution in [0, 0.1) is 11.3 Å². The van der Waals surface area contributed by atoms with Crippen molar-refractivity contribution >= 4 is 28.4 Å². The van der Waals surface area contributed by atoms with Crippen LogP contribution in [0.2, 0.25) is 33.2 Å². The van der Waals surface area contributed by atoms with Crippen LogP contribution < -0.4 is 0 Å². The highest BCUT2D eigenvalue weighted by Crippen LogP contribution is 2.49. The zero-order valence-electron chi connectivity index (χ0n) is 26.2. The van der Waals surface area contributed by atoms with E-state index >= 15 is 0 Å². The molecule has 0 saturated heterocycles. The van der Waals surface area contributed by atoms with Crippen molar-refractivity contribution in [3.8, 4) is 0 Å². The number of rotatable bonds is 12. The summed E-state index contributed by atoms with van der Waals surface area (Å²) < 4.78 is 20.2. The van der Waals surface area contributed by atoms with E-state index in [-0.39, 0.29) is 30.4 Å². The molecule has 0 aromatic carbocycles. The molecule has 1 aliphatic rings. The Kier molecular flexibility index (Phi) is 11.7. The second-order valence-corrected chi connectivity index (χ2v) is 24.8. The summed E-state index contributed by atoms with van der Waals surface area (Å²) in [6.45, 7) is 32.9. The SMILES string of the molecule is CC(C)[Si](O[C@@H]1[C@@H](COC(=O)C(C)(C)C)CC(=O)[C@@H]1O[Si](C(C)C)(C(C)C)C(C)C)(C(C)C)C(C)C. The average Bonchev–Trinajstić information content (AvgIpc) is 2.99. The lowest BCUT2D eigenvalue weighted by Crippen LogP contribution is -2.57. The second-order valence-electron chi connectivity index (χ2n) is 14.0. The maximum Gasteiger partial charge on any atom is 0.311 e. The summed E-state index contributed by atoms with van der Waals surface area (Å²) in [6.07, 6.45) is -0.637. The molecule has 3 atom stereocenters. The van der Waals surface area contributed by atoms with Gasteiger partial charge in [0.1, 0.15) is 6.10 Å². The summed E-state index contributed by atoms with van der Waals surface area (Å²) in [6, 6.07) is 0. The van der Waals surface area contributed by atoms with Gasteiger partial charge in [0.2, 0.25) is 16.6 Å². The quantitative estimate of drug-likeness (QED) is 0.183. The Labute approximate surface area is 225 Å². The molecular formula is C29H58O5Si2. The maximum atomic E-state index is 13.7. The lowest BCUT2D eigenvalue weighted by molar-refractivity contribution is -0.155. The summed E-state index contributed by atoms with van der Waals surface area (Å²) >= 11 is 0. The van der Waals surface area contributed by atoms with Gasteiger partial charge in [-0.3, -0.25) is 9.59 Å². The Morgan fingerprint density at radius 2 is 1.11 bits per heavy atom. The molecule has 0 radical (unpaired) electrons. The minimum atomic E-state index is -2.33. The van der Waals surface area contributed by atoms with Gasteiger partial charge in [0.15, 0.2) is 5.78 Å². The number of esters is 1. The third-order valence-corrected chi connectivity index (χ3v) is 20.8. The number of ether oxygens (including phenoxy) is 1. The van der Waals surface area contributed by atoms with Gasteiger partial charge in [0.05, 0.1) is 18.1 Å². The van der Waals surface area contributed by atoms with Gasteiger partial charge in [-0.1, -0.05) is 83.1 Å². The van der Waals surface area contributed by atoms with E-state index in [0.717, 1.165) is 0 Å². The summed E-state index contributed by atoms with van der Waals surface area (Å²) in [5.41, 5.74) is 1.66. The molecule has 0 bridgehead atoms. The van der Waals surface area contributed by atoms with E-state index in [1.807, 2.05) is 20.8 Å². The first kappa shape index (κ1) is 33.5. The number of hydrogen-bond acceptors (Lipinski definition) is 5. The first-order valence-corrected chi connectivity index (χ1v) is 18.6. The van der Waals surface area contributed by atoms with Crippen LogP contribution in [0.1, 0.15) is 110 Å². The number of Topliss-reactive ketones (excluding diaryl/α,β-unsaturated/α-hetero) is 1. The highest BCUT2D eigenvalue weighted by molar-refractivity contribution is 6.78. The monoisotopic (exact) mass is 542 g/mol. The van der Waals surface area contributed by atoms with Crippen LogP contribution in [0.25, 0.3) is 0 Å². The van der Waals surface area contributed by atoms with Crippen molar-refractivity contribution in [2.45, 2.75) is 156 Å². The first-order chi connectivity index (χ1) is 16.3. The minimum Gasteiger partial charge on any atom is -0.465 e. The molecule has 7 heteroatoms. The van der Waals surface area contributed by atoms with Crippen LogP contribution in [0.5, 0.6) is 0 Å². The van der Waals surface area contributed by atoms with Crippen molar-refractivity contribution < 1.29 is 23.2 Å². The lowest BCUT2D eigenvalue weighted by Gasteiger charge is -2.48. The van der Waals surface area contributed by atoms with E-state index in [2.05, 4.69) is 83.1 Å². The van der Waals surface area contributed by atoms with Gasteiger partial charge in [0, 0.05) is 12.3 Å². The van der Waals surface area contributed by atoms with E-state index in [1.54, 1.807) is 0 Å². The van der Waals surface area contributed by atoms with Crippen molar-refractivity contribution in [2.24, 2.45) is 11.3 Å². The fourth-order valence-corrected chi connectivity index (χ4v) is 18.2. The van der Waals surface area contributed by atoms with Crippen LogP contribution in [0.3, 0.4) is 0 Å². The summed E-state index contributed by atoms with van der Waals surface area (Å²) in [5, 5.41) is 0. The normalized spacial score (nSPS) is 22.2. The van der Waals surface area contributed by atoms with Crippen molar-refractivity contribution in [1.82, 2.24) is 0 Å². The molecule has 5 nitrogen and oxygen atoms in total. The number of ketones is 1. The van der Waals surface area contributed by atoms with Crippen LogP contribution >= 0.6 is 0 Å². The molecule has 0 aromatic heterocycles. The summed E-state index contributed by atoms with van der Waals surface area (Å²) in [5.74, 6) is -0.321. The third kappa shape index (κ3) is 6.73. The maximum absolute atomic E-state index is 13.7. The van der Waals surface area contributed by atoms with E-state index in [0.29, 0.717) is 39.7 Å². The van der Waals surface area contributed by atoms with Crippen LogP contribution in [-0.2, 0) is 23.2 Å². The zero-order valence-corrected chi connectivity index (χ0v) is 28.2. The highest BCUT2D eigenvalue weighted by atomic mass is 28.4. The molecule has 36 heavy (non-hydrogen) atoms. The third-order valence-electron chi connectivity index (χ3n) is 8.67. The van der Waals surface area contributed by atoms with Crippen LogP contribution in [0.15, 0.2) is 0 Å². The molecule has 1 aliphatic carbocycles. The molecule has 0 amide bonds.